The van der Waals surface area contributed by atoms with Gasteiger partial charge in [-0.15, -0.1) is 0 Å². The number of aromatic nitrogens is 1. The van der Waals surface area contributed by atoms with Crippen molar-refractivity contribution in [1.29, 1.82) is 0 Å². The molecule has 150 valence electrons. The van der Waals surface area contributed by atoms with Gasteiger partial charge in [-0.3, -0.25) is 9.59 Å². The Hall–Kier alpha value is -2.79. The van der Waals surface area contributed by atoms with E-state index >= 15 is 0 Å². The van der Waals surface area contributed by atoms with E-state index in [1.165, 1.54) is 5.56 Å². The van der Waals surface area contributed by atoms with Gasteiger partial charge in [-0.2, -0.15) is 0 Å². The van der Waals surface area contributed by atoms with Crippen LogP contribution in [0.5, 0.6) is 0 Å². The number of H-pyrrole nitrogens is 1. The van der Waals surface area contributed by atoms with Crippen molar-refractivity contribution in [2.45, 2.75) is 26.7 Å². The Balaban J connectivity index is 1.37. The minimum atomic E-state index is -0.617. The molecule has 1 fully saturated rings. The molecule has 0 bridgehead atoms. The normalized spacial score (nSPS) is 16.6. The fraction of sp³-hybridized carbons (Fsp3) is 0.304. The average molecular weight is 410 g/mol. The highest BCUT2D eigenvalue weighted by molar-refractivity contribution is 6.31. The van der Waals surface area contributed by atoms with Crippen LogP contribution < -0.4 is 10.2 Å². The van der Waals surface area contributed by atoms with Gasteiger partial charge in [0.25, 0.3) is 0 Å². The maximum atomic E-state index is 12.8. The van der Waals surface area contributed by atoms with Crippen molar-refractivity contribution in [3.63, 3.8) is 0 Å². The molecular weight excluding hydrogens is 386 g/mol. The van der Waals surface area contributed by atoms with Crippen LogP contribution >= 0.6 is 11.6 Å². The number of nitrogens with zero attached hydrogens (tertiary/aromatic N) is 1. The van der Waals surface area contributed by atoms with E-state index in [4.69, 9.17) is 11.6 Å². The Morgan fingerprint density at radius 2 is 2.03 bits per heavy atom. The largest absolute Gasteiger partial charge is 0.361 e. The Kier molecular flexibility index (Phi) is 5.33. The van der Waals surface area contributed by atoms with Crippen molar-refractivity contribution in [1.82, 2.24) is 10.3 Å². The van der Waals surface area contributed by atoms with Gasteiger partial charge in [0.05, 0.1) is 0 Å². The molecule has 29 heavy (non-hydrogen) atoms. The molecule has 0 aliphatic carbocycles. The number of hydrogen-bond acceptors (Lipinski definition) is 2. The second kappa shape index (κ2) is 7.91. The summed E-state index contributed by atoms with van der Waals surface area (Å²) in [5, 5.41) is 4.68. The summed E-state index contributed by atoms with van der Waals surface area (Å²) in [6, 6.07) is 11.7. The molecule has 4 rings (SSSR count). The van der Waals surface area contributed by atoms with Gasteiger partial charge < -0.3 is 15.2 Å². The number of carbonyl (C=O) groups is 2. The van der Waals surface area contributed by atoms with E-state index in [1.54, 1.807) is 4.90 Å². The van der Waals surface area contributed by atoms with Gasteiger partial charge in [0.1, 0.15) is 5.92 Å². The van der Waals surface area contributed by atoms with Crippen molar-refractivity contribution < 1.29 is 9.59 Å². The molecule has 1 saturated heterocycles. The highest BCUT2D eigenvalue weighted by atomic mass is 35.5. The monoisotopic (exact) mass is 409 g/mol. The van der Waals surface area contributed by atoms with Crippen LogP contribution in [0, 0.1) is 19.8 Å². The summed E-state index contributed by atoms with van der Waals surface area (Å²) in [5.41, 5.74) is 5.31. The number of fused-ring (bicyclic) bond motifs is 1. The maximum absolute atomic E-state index is 12.8. The van der Waals surface area contributed by atoms with Gasteiger partial charge in [-0.1, -0.05) is 17.7 Å². The van der Waals surface area contributed by atoms with Gasteiger partial charge in [0, 0.05) is 40.9 Å². The van der Waals surface area contributed by atoms with E-state index in [-0.39, 0.29) is 11.8 Å². The van der Waals surface area contributed by atoms with Gasteiger partial charge in [-0.25, -0.2) is 0 Å². The third-order valence-corrected chi connectivity index (χ3v) is 5.98. The number of carbonyl (C=O) groups excluding carboxylic acids is 2. The zero-order chi connectivity index (χ0) is 20.5. The number of anilines is 1. The summed E-state index contributed by atoms with van der Waals surface area (Å²) in [6.07, 6.45) is 3.16. The average Bonchev–Trinajstić information content (AvgIpc) is 3.27. The van der Waals surface area contributed by atoms with Crippen molar-refractivity contribution in [3.05, 3.63) is 64.3 Å². The second-order valence-corrected chi connectivity index (χ2v) is 8.08. The van der Waals surface area contributed by atoms with Crippen LogP contribution in [0.4, 0.5) is 5.69 Å². The number of halogens is 1. The summed E-state index contributed by atoms with van der Waals surface area (Å²) in [6.45, 7) is 5.12. The molecule has 0 saturated carbocycles. The van der Waals surface area contributed by atoms with Gasteiger partial charge in [0.2, 0.25) is 11.8 Å². The van der Waals surface area contributed by atoms with Crippen LogP contribution in [0.3, 0.4) is 0 Å². The van der Waals surface area contributed by atoms with Crippen LogP contribution in [0.25, 0.3) is 10.9 Å². The van der Waals surface area contributed by atoms with Crippen molar-refractivity contribution >= 4 is 40.0 Å². The molecule has 1 aromatic heterocycles. The van der Waals surface area contributed by atoms with Crippen molar-refractivity contribution in [2.75, 3.05) is 18.0 Å². The number of benzene rings is 2. The highest BCUT2D eigenvalue weighted by Crippen LogP contribution is 2.27. The SMILES string of the molecule is Cc1ccc(N2CCC(C(=O)NCCc3c[nH]c4ccc(Cl)cc34)C2=O)cc1C. The van der Waals surface area contributed by atoms with E-state index in [0.29, 0.717) is 31.0 Å². The van der Waals surface area contributed by atoms with Gasteiger partial charge >= 0.3 is 0 Å². The summed E-state index contributed by atoms with van der Waals surface area (Å²) >= 11 is 6.09. The van der Waals surface area contributed by atoms with Gasteiger partial charge in [0.15, 0.2) is 0 Å². The fourth-order valence-electron chi connectivity index (χ4n) is 3.87. The summed E-state index contributed by atoms with van der Waals surface area (Å²) in [7, 11) is 0. The lowest BCUT2D eigenvalue weighted by Crippen LogP contribution is -2.37. The summed E-state index contributed by atoms with van der Waals surface area (Å²) in [5.74, 6) is -0.933. The fourth-order valence-corrected chi connectivity index (χ4v) is 4.05. The third kappa shape index (κ3) is 3.87. The molecular formula is C23H24ClN3O2. The number of aromatic amines is 1. The molecule has 1 aliphatic rings. The molecule has 5 nitrogen and oxygen atoms in total. The minimum absolute atomic E-state index is 0.121. The van der Waals surface area contributed by atoms with Crippen molar-refractivity contribution in [2.24, 2.45) is 5.92 Å². The molecule has 2 heterocycles. The lowest BCUT2D eigenvalue weighted by molar-refractivity contribution is -0.132. The predicted molar refractivity (Wildman–Crippen MR) is 116 cm³/mol. The quantitative estimate of drug-likeness (QED) is 0.622. The first-order valence-corrected chi connectivity index (χ1v) is 10.2. The number of rotatable bonds is 5. The lowest BCUT2D eigenvalue weighted by Gasteiger charge is -2.18. The molecule has 1 aliphatic heterocycles. The van der Waals surface area contributed by atoms with E-state index < -0.39 is 5.92 Å². The number of aryl methyl sites for hydroxylation is 2. The Morgan fingerprint density at radius 3 is 2.83 bits per heavy atom. The van der Waals surface area contributed by atoms with Crippen molar-refractivity contribution in [3.8, 4) is 0 Å². The summed E-state index contributed by atoms with van der Waals surface area (Å²) < 4.78 is 0. The molecule has 2 amide bonds. The number of amides is 2. The zero-order valence-corrected chi connectivity index (χ0v) is 17.3. The van der Waals surface area contributed by atoms with E-state index in [9.17, 15) is 9.59 Å². The van der Waals surface area contributed by atoms with E-state index in [0.717, 1.165) is 27.7 Å². The molecule has 0 radical (unpaired) electrons. The van der Waals surface area contributed by atoms with Crippen LogP contribution in [-0.2, 0) is 16.0 Å². The van der Waals surface area contributed by atoms with Crippen LogP contribution in [0.2, 0.25) is 5.02 Å². The highest BCUT2D eigenvalue weighted by Gasteiger charge is 2.37. The van der Waals surface area contributed by atoms with Crippen LogP contribution in [0.1, 0.15) is 23.1 Å². The smallest absolute Gasteiger partial charge is 0.239 e. The number of nitrogens with one attached hydrogen (secondary N) is 2. The zero-order valence-electron chi connectivity index (χ0n) is 16.6. The minimum Gasteiger partial charge on any atom is -0.361 e. The summed E-state index contributed by atoms with van der Waals surface area (Å²) in [4.78, 5) is 30.3. The van der Waals surface area contributed by atoms with Gasteiger partial charge in [-0.05, 0) is 73.7 Å². The molecule has 2 aromatic carbocycles. The third-order valence-electron chi connectivity index (χ3n) is 5.75. The van der Waals surface area contributed by atoms with Crippen LogP contribution in [-0.4, -0.2) is 29.9 Å². The predicted octanol–water partition coefficient (Wildman–Crippen LogP) is 4.15. The molecule has 2 N–H and O–H groups in total. The number of hydrogen-bond donors (Lipinski definition) is 2. The first-order valence-electron chi connectivity index (χ1n) is 9.86. The van der Waals surface area contributed by atoms with E-state index in [2.05, 4.69) is 10.3 Å². The Morgan fingerprint density at radius 1 is 1.21 bits per heavy atom. The Labute approximate surface area is 175 Å². The molecule has 1 unspecified atom stereocenters. The molecule has 6 heteroatoms. The molecule has 0 spiro atoms. The molecule has 1 atom stereocenters. The lowest BCUT2D eigenvalue weighted by atomic mass is 10.1. The molecule has 3 aromatic rings. The first-order chi connectivity index (χ1) is 13.9. The van der Waals surface area contributed by atoms with E-state index in [1.807, 2.05) is 56.4 Å². The standard InChI is InChI=1S/C23H24ClN3O2/c1-14-3-5-18(11-15(14)2)27-10-8-19(23(27)29)22(28)25-9-7-16-13-26-21-6-4-17(24)12-20(16)21/h3-6,11-13,19,26H,7-10H2,1-2H3,(H,25,28). The second-order valence-electron chi connectivity index (χ2n) is 7.64. The topological polar surface area (TPSA) is 65.2 Å². The Bertz CT molecular complexity index is 1090. The maximum Gasteiger partial charge on any atom is 0.239 e. The first kappa shape index (κ1) is 19.5. The van der Waals surface area contributed by atoms with Crippen LogP contribution in [0.15, 0.2) is 42.6 Å².